The Balaban J connectivity index is 2.17. The van der Waals surface area contributed by atoms with Crippen molar-refractivity contribution in [2.24, 2.45) is 0 Å². The molecule has 0 saturated carbocycles. The van der Waals surface area contributed by atoms with Gasteiger partial charge in [-0.3, -0.25) is 0 Å². The van der Waals surface area contributed by atoms with Crippen molar-refractivity contribution in [3.63, 3.8) is 0 Å². The van der Waals surface area contributed by atoms with Crippen LogP contribution in [0, 0.1) is 6.92 Å². The Morgan fingerprint density at radius 3 is 3.00 bits per heavy atom. The molecule has 0 spiro atoms. The van der Waals surface area contributed by atoms with Gasteiger partial charge in [0.05, 0.1) is 16.4 Å². The fourth-order valence-electron chi connectivity index (χ4n) is 2.81. The highest BCUT2D eigenvalue weighted by atomic mass is 35.5. The highest BCUT2D eigenvalue weighted by Gasteiger charge is 2.23. The molecule has 2 nitrogen and oxygen atoms in total. The maximum Gasteiger partial charge on any atom is 0.127 e. The molecule has 4 heteroatoms. The zero-order valence-corrected chi connectivity index (χ0v) is 13.0. The number of halogens is 1. The van der Waals surface area contributed by atoms with E-state index in [1.54, 1.807) is 0 Å². The first-order valence-corrected chi connectivity index (χ1v) is 8.46. The lowest BCUT2D eigenvalue weighted by Gasteiger charge is -2.26. The lowest BCUT2D eigenvalue weighted by atomic mass is 10.1. The van der Waals surface area contributed by atoms with Crippen LogP contribution in [0.15, 0.2) is 18.2 Å². The summed E-state index contributed by atoms with van der Waals surface area (Å²) in [6, 6.07) is 7.02. The first kappa shape index (κ1) is 13.3. The van der Waals surface area contributed by atoms with Gasteiger partial charge in [0.15, 0.2) is 0 Å². The number of nitrogens with zero attached hydrogens (tertiary/aromatic N) is 2. The number of aryl methyl sites for hydroxylation is 1. The van der Waals surface area contributed by atoms with Crippen molar-refractivity contribution < 1.29 is 0 Å². The van der Waals surface area contributed by atoms with E-state index in [-0.39, 0.29) is 5.38 Å². The second-order valence-corrected chi connectivity index (χ2v) is 7.12. The molecule has 1 fully saturated rings. The number of hydrogen-bond donors (Lipinski definition) is 0. The van der Waals surface area contributed by atoms with E-state index in [0.29, 0.717) is 6.04 Å². The zero-order chi connectivity index (χ0) is 13.4. The van der Waals surface area contributed by atoms with Gasteiger partial charge in [-0.2, -0.15) is 11.8 Å². The minimum Gasteiger partial charge on any atom is -0.323 e. The molecule has 0 amide bonds. The van der Waals surface area contributed by atoms with Crippen LogP contribution in [-0.2, 0) is 0 Å². The van der Waals surface area contributed by atoms with Crippen LogP contribution in [0.1, 0.15) is 42.6 Å². The summed E-state index contributed by atoms with van der Waals surface area (Å²) >= 11 is 8.39. The van der Waals surface area contributed by atoms with Gasteiger partial charge >= 0.3 is 0 Å². The van der Waals surface area contributed by atoms with E-state index in [4.69, 9.17) is 16.6 Å². The third-order valence-corrected chi connectivity index (χ3v) is 5.12. The van der Waals surface area contributed by atoms with Crippen molar-refractivity contribution in [2.45, 2.75) is 38.1 Å². The van der Waals surface area contributed by atoms with Crippen molar-refractivity contribution in [3.8, 4) is 0 Å². The first-order chi connectivity index (χ1) is 9.16. The number of aromatic nitrogens is 2. The topological polar surface area (TPSA) is 17.8 Å². The predicted octanol–water partition coefficient (Wildman–Crippen LogP) is 4.71. The summed E-state index contributed by atoms with van der Waals surface area (Å²) in [6.45, 7) is 4.15. The van der Waals surface area contributed by atoms with E-state index in [1.807, 2.05) is 18.7 Å². The molecule has 1 aromatic carbocycles. The summed E-state index contributed by atoms with van der Waals surface area (Å²) in [6.07, 6.45) is 2.53. The van der Waals surface area contributed by atoms with Gasteiger partial charge in [-0.25, -0.2) is 4.98 Å². The van der Waals surface area contributed by atoms with E-state index in [9.17, 15) is 0 Å². The van der Waals surface area contributed by atoms with E-state index < -0.39 is 0 Å². The number of thioether (sulfide) groups is 1. The molecule has 1 saturated heterocycles. The molecular weight excluding hydrogens is 276 g/mol. The molecule has 0 radical (unpaired) electrons. The van der Waals surface area contributed by atoms with Gasteiger partial charge in [0, 0.05) is 11.8 Å². The number of fused-ring (bicyclic) bond motifs is 1. The third kappa shape index (κ3) is 2.50. The van der Waals surface area contributed by atoms with Crippen LogP contribution in [0.4, 0.5) is 0 Å². The Morgan fingerprint density at radius 2 is 2.32 bits per heavy atom. The van der Waals surface area contributed by atoms with E-state index in [1.165, 1.54) is 35.4 Å². The number of imidazole rings is 1. The summed E-state index contributed by atoms with van der Waals surface area (Å²) in [7, 11) is 0. The predicted molar refractivity (Wildman–Crippen MR) is 84.3 cm³/mol. The molecule has 102 valence electrons. The molecule has 2 atom stereocenters. The fraction of sp³-hybridized carbons (Fsp3) is 0.533. The van der Waals surface area contributed by atoms with Crippen molar-refractivity contribution in [1.82, 2.24) is 9.55 Å². The van der Waals surface area contributed by atoms with Gasteiger partial charge in [0.25, 0.3) is 0 Å². The molecule has 3 rings (SSSR count). The Labute approximate surface area is 123 Å². The number of alkyl halides is 1. The van der Waals surface area contributed by atoms with Gasteiger partial charge in [0.1, 0.15) is 5.82 Å². The maximum absolute atomic E-state index is 6.35. The number of hydrogen-bond acceptors (Lipinski definition) is 2. The summed E-state index contributed by atoms with van der Waals surface area (Å²) in [4.78, 5) is 4.75. The quantitative estimate of drug-likeness (QED) is 0.746. The molecule has 19 heavy (non-hydrogen) atoms. The highest BCUT2D eigenvalue weighted by molar-refractivity contribution is 7.99. The zero-order valence-electron chi connectivity index (χ0n) is 11.4. The Bertz CT molecular complexity index is 585. The molecule has 2 aromatic rings. The average molecular weight is 295 g/mol. The molecule has 0 N–H and O–H groups in total. The standard InChI is InChI=1S/C15H19ClN2S/c1-10-5-6-13-14(8-10)18(15(17-13)11(2)16)12-4-3-7-19-9-12/h5-6,8,11-12H,3-4,7,9H2,1-2H3. The largest absolute Gasteiger partial charge is 0.323 e. The highest BCUT2D eigenvalue weighted by Crippen LogP contribution is 2.34. The lowest BCUT2D eigenvalue weighted by Crippen LogP contribution is -2.18. The Kier molecular flexibility index (Phi) is 3.77. The Morgan fingerprint density at radius 1 is 1.47 bits per heavy atom. The minimum absolute atomic E-state index is 0.0420. The molecule has 0 bridgehead atoms. The summed E-state index contributed by atoms with van der Waals surface area (Å²) in [5.41, 5.74) is 3.60. The molecular formula is C15H19ClN2S. The molecule has 1 aromatic heterocycles. The van der Waals surface area contributed by atoms with Crippen LogP contribution in [-0.4, -0.2) is 21.1 Å². The summed E-state index contributed by atoms with van der Waals surface area (Å²) in [5, 5.41) is -0.0420. The summed E-state index contributed by atoms with van der Waals surface area (Å²) in [5.74, 6) is 3.49. The second kappa shape index (κ2) is 5.37. The Hall–Kier alpha value is -0.670. The lowest BCUT2D eigenvalue weighted by molar-refractivity contribution is 0.493. The smallest absolute Gasteiger partial charge is 0.127 e. The van der Waals surface area contributed by atoms with Crippen molar-refractivity contribution in [1.29, 1.82) is 0 Å². The van der Waals surface area contributed by atoms with Gasteiger partial charge < -0.3 is 4.57 Å². The molecule has 2 heterocycles. The van der Waals surface area contributed by atoms with Gasteiger partial charge in [0.2, 0.25) is 0 Å². The number of benzene rings is 1. The van der Waals surface area contributed by atoms with Crippen LogP contribution in [0.5, 0.6) is 0 Å². The molecule has 1 aliphatic rings. The van der Waals surface area contributed by atoms with Crippen LogP contribution in [0.2, 0.25) is 0 Å². The third-order valence-electron chi connectivity index (χ3n) is 3.73. The van der Waals surface area contributed by atoms with Crippen LogP contribution < -0.4 is 0 Å². The van der Waals surface area contributed by atoms with Crippen LogP contribution in [0.3, 0.4) is 0 Å². The average Bonchev–Trinajstić information content (AvgIpc) is 2.78. The van der Waals surface area contributed by atoms with Gasteiger partial charge in [-0.05, 0) is 50.1 Å². The monoisotopic (exact) mass is 294 g/mol. The maximum atomic E-state index is 6.35. The van der Waals surface area contributed by atoms with Crippen LogP contribution >= 0.6 is 23.4 Å². The first-order valence-electron chi connectivity index (χ1n) is 6.87. The van der Waals surface area contributed by atoms with Crippen molar-refractivity contribution in [2.75, 3.05) is 11.5 Å². The second-order valence-electron chi connectivity index (χ2n) is 5.32. The van der Waals surface area contributed by atoms with E-state index in [2.05, 4.69) is 29.7 Å². The van der Waals surface area contributed by atoms with Gasteiger partial charge in [-0.1, -0.05) is 6.07 Å². The summed E-state index contributed by atoms with van der Waals surface area (Å²) < 4.78 is 2.40. The van der Waals surface area contributed by atoms with E-state index in [0.717, 1.165) is 11.3 Å². The molecule has 1 aliphatic heterocycles. The minimum atomic E-state index is -0.0420. The van der Waals surface area contributed by atoms with E-state index >= 15 is 0 Å². The molecule has 0 aliphatic carbocycles. The molecule has 2 unspecified atom stereocenters. The SMILES string of the molecule is Cc1ccc2nc(C(C)Cl)n(C3CCCSC3)c2c1. The number of rotatable bonds is 2. The fourth-order valence-corrected chi connectivity index (χ4v) is 4.09. The van der Waals surface area contributed by atoms with Crippen LogP contribution in [0.25, 0.3) is 11.0 Å². The van der Waals surface area contributed by atoms with Gasteiger partial charge in [-0.15, -0.1) is 11.6 Å². The van der Waals surface area contributed by atoms with Crippen molar-refractivity contribution in [3.05, 3.63) is 29.6 Å². The normalized spacial score (nSPS) is 21.7. The van der Waals surface area contributed by atoms with Crippen molar-refractivity contribution >= 4 is 34.4 Å².